The molecular weight excluding hydrogens is 472 g/mol. The van der Waals surface area contributed by atoms with Crippen LogP contribution in [0.1, 0.15) is 16.1 Å². The minimum Gasteiger partial charge on any atom is -0.316 e. The molecule has 0 saturated carbocycles. The van der Waals surface area contributed by atoms with Gasteiger partial charge in [-0.25, -0.2) is 9.67 Å². The zero-order chi connectivity index (χ0) is 26.4. The van der Waals surface area contributed by atoms with Gasteiger partial charge >= 0.3 is 0 Å². The molecule has 37 heavy (non-hydrogen) atoms. The van der Waals surface area contributed by atoms with E-state index in [9.17, 15) is 19.6 Å². The summed E-state index contributed by atoms with van der Waals surface area (Å²) in [4.78, 5) is 42.3. The summed E-state index contributed by atoms with van der Waals surface area (Å²) in [6.07, 6.45) is 1.50. The minimum absolute atomic E-state index is 0.158. The largest absolute Gasteiger partial charge is 0.316 e. The first-order valence-electron chi connectivity index (χ1n) is 11.1. The standard InChI is InChI=1S/C26H22N8O3/c1-17-23(26(37)34(33(17)2)20-11-4-3-5-12-20)30-24(35)18-9-8-10-19(15-18)31-32-21(16-27)25(36)29-22-13-6-7-14-28-22/h3-15,31H,1-2H3,(H,30,35)(H,28,29,36)/b32-21+. The Balaban J connectivity index is 1.51. The fourth-order valence-corrected chi connectivity index (χ4v) is 3.49. The molecule has 0 atom stereocenters. The van der Waals surface area contributed by atoms with Crippen molar-refractivity contribution in [1.29, 1.82) is 5.26 Å². The number of amides is 2. The van der Waals surface area contributed by atoms with E-state index in [1.165, 1.54) is 16.9 Å². The Morgan fingerprint density at radius 3 is 2.46 bits per heavy atom. The summed E-state index contributed by atoms with van der Waals surface area (Å²) in [5.41, 5.74) is 3.83. The first-order chi connectivity index (χ1) is 17.9. The number of benzene rings is 2. The second-order valence-corrected chi connectivity index (χ2v) is 7.82. The van der Waals surface area contributed by atoms with Crippen molar-refractivity contribution in [3.8, 4) is 11.8 Å². The Labute approximate surface area is 211 Å². The summed E-state index contributed by atoms with van der Waals surface area (Å²) in [6, 6.07) is 22.0. The molecule has 0 bridgehead atoms. The Kier molecular flexibility index (Phi) is 7.21. The Bertz CT molecular complexity index is 1580. The number of nitrogens with zero attached hydrogens (tertiary/aromatic N) is 5. The molecule has 0 fully saturated rings. The van der Waals surface area contributed by atoms with E-state index < -0.39 is 17.5 Å². The summed E-state index contributed by atoms with van der Waals surface area (Å²) in [7, 11) is 1.73. The zero-order valence-electron chi connectivity index (χ0n) is 20.0. The highest BCUT2D eigenvalue weighted by molar-refractivity contribution is 6.48. The smallest absolute Gasteiger partial charge is 0.295 e. The van der Waals surface area contributed by atoms with Crippen molar-refractivity contribution in [3.05, 3.63) is 101 Å². The van der Waals surface area contributed by atoms with E-state index in [1.807, 2.05) is 18.2 Å². The molecule has 0 aliphatic heterocycles. The second kappa shape index (κ2) is 10.8. The number of para-hydroxylation sites is 1. The molecule has 11 nitrogen and oxygen atoms in total. The summed E-state index contributed by atoms with van der Waals surface area (Å²) in [6.45, 7) is 1.74. The first-order valence-corrected chi connectivity index (χ1v) is 11.1. The van der Waals surface area contributed by atoms with Crippen LogP contribution in [-0.4, -0.2) is 31.9 Å². The van der Waals surface area contributed by atoms with Crippen LogP contribution in [0.25, 0.3) is 5.69 Å². The highest BCUT2D eigenvalue weighted by Gasteiger charge is 2.19. The van der Waals surface area contributed by atoms with Crippen molar-refractivity contribution >= 4 is 34.7 Å². The number of aromatic nitrogens is 3. The fourth-order valence-electron chi connectivity index (χ4n) is 3.49. The predicted molar refractivity (Wildman–Crippen MR) is 140 cm³/mol. The van der Waals surface area contributed by atoms with Gasteiger partial charge < -0.3 is 10.6 Å². The SMILES string of the molecule is Cc1c(NC(=O)c2cccc(N/N=C(\C#N)C(=O)Nc3ccccn3)c2)c(=O)n(-c2ccccc2)n1C. The van der Waals surface area contributed by atoms with Gasteiger partial charge in [0.1, 0.15) is 17.6 Å². The van der Waals surface area contributed by atoms with Gasteiger partial charge in [-0.15, -0.1) is 0 Å². The lowest BCUT2D eigenvalue weighted by molar-refractivity contribution is -0.110. The molecule has 0 saturated heterocycles. The van der Waals surface area contributed by atoms with E-state index in [2.05, 4.69) is 26.1 Å². The average Bonchev–Trinajstić information content (AvgIpc) is 3.13. The van der Waals surface area contributed by atoms with E-state index in [0.717, 1.165) is 0 Å². The molecule has 0 aliphatic carbocycles. The highest BCUT2D eigenvalue weighted by atomic mass is 16.2. The van der Waals surface area contributed by atoms with E-state index in [1.54, 1.807) is 73.3 Å². The van der Waals surface area contributed by atoms with Gasteiger partial charge in [0, 0.05) is 18.8 Å². The first kappa shape index (κ1) is 24.6. The number of anilines is 3. The zero-order valence-corrected chi connectivity index (χ0v) is 20.0. The van der Waals surface area contributed by atoms with Gasteiger partial charge in [-0.05, 0) is 49.4 Å². The van der Waals surface area contributed by atoms with Crippen LogP contribution in [0.2, 0.25) is 0 Å². The molecule has 2 amide bonds. The lowest BCUT2D eigenvalue weighted by Crippen LogP contribution is -2.23. The number of rotatable bonds is 7. The van der Waals surface area contributed by atoms with Crippen LogP contribution in [0.5, 0.6) is 0 Å². The van der Waals surface area contributed by atoms with Gasteiger partial charge in [-0.3, -0.25) is 24.5 Å². The lowest BCUT2D eigenvalue weighted by Gasteiger charge is -2.07. The molecule has 4 aromatic rings. The van der Waals surface area contributed by atoms with Gasteiger partial charge in [-0.1, -0.05) is 30.3 Å². The molecule has 2 aromatic carbocycles. The molecule has 0 aliphatic rings. The molecule has 184 valence electrons. The topological polar surface area (TPSA) is 146 Å². The van der Waals surface area contributed by atoms with Crippen molar-refractivity contribution in [1.82, 2.24) is 14.3 Å². The van der Waals surface area contributed by atoms with Crippen LogP contribution in [-0.2, 0) is 11.8 Å². The van der Waals surface area contributed by atoms with Crippen molar-refractivity contribution in [2.75, 3.05) is 16.1 Å². The number of nitriles is 1. The Hall–Kier alpha value is -5.50. The van der Waals surface area contributed by atoms with Crippen LogP contribution in [0.15, 0.2) is 88.9 Å². The number of nitrogens with one attached hydrogen (secondary N) is 3. The van der Waals surface area contributed by atoms with Gasteiger partial charge in [0.15, 0.2) is 0 Å². The third-order valence-corrected chi connectivity index (χ3v) is 5.44. The lowest BCUT2D eigenvalue weighted by atomic mass is 10.2. The fraction of sp³-hybridized carbons (Fsp3) is 0.0769. The third kappa shape index (κ3) is 5.44. The molecule has 4 rings (SSSR count). The maximum absolute atomic E-state index is 13.1. The molecule has 0 spiro atoms. The molecule has 2 aromatic heterocycles. The molecule has 3 N–H and O–H groups in total. The number of carbonyl (C=O) groups is 2. The van der Waals surface area contributed by atoms with E-state index in [-0.39, 0.29) is 22.6 Å². The third-order valence-electron chi connectivity index (χ3n) is 5.44. The van der Waals surface area contributed by atoms with Crippen LogP contribution < -0.4 is 21.6 Å². The summed E-state index contributed by atoms with van der Waals surface area (Å²) < 4.78 is 3.14. The summed E-state index contributed by atoms with van der Waals surface area (Å²) in [5.74, 6) is -0.972. The van der Waals surface area contributed by atoms with Crippen LogP contribution in [0.3, 0.4) is 0 Å². The Morgan fingerprint density at radius 2 is 1.76 bits per heavy atom. The van der Waals surface area contributed by atoms with Crippen LogP contribution in [0.4, 0.5) is 17.2 Å². The number of hydrogen-bond donors (Lipinski definition) is 3. The van der Waals surface area contributed by atoms with Crippen molar-refractivity contribution < 1.29 is 9.59 Å². The monoisotopic (exact) mass is 494 g/mol. The minimum atomic E-state index is -0.739. The van der Waals surface area contributed by atoms with Crippen molar-refractivity contribution in [3.63, 3.8) is 0 Å². The molecular formula is C26H22N8O3. The van der Waals surface area contributed by atoms with Crippen LogP contribution >= 0.6 is 0 Å². The number of hydrazone groups is 1. The van der Waals surface area contributed by atoms with Gasteiger partial charge in [0.05, 0.1) is 17.1 Å². The Morgan fingerprint density at radius 1 is 1.00 bits per heavy atom. The molecule has 0 unspecified atom stereocenters. The van der Waals surface area contributed by atoms with Gasteiger partial charge in [-0.2, -0.15) is 10.4 Å². The second-order valence-electron chi connectivity index (χ2n) is 7.82. The van der Waals surface area contributed by atoms with Gasteiger partial charge in [0.25, 0.3) is 17.4 Å². The molecule has 0 radical (unpaired) electrons. The van der Waals surface area contributed by atoms with E-state index in [0.29, 0.717) is 17.1 Å². The molecule has 11 heteroatoms. The quantitative estimate of drug-likeness (QED) is 0.266. The molecule has 2 heterocycles. The number of carbonyl (C=O) groups excluding carboxylic acids is 2. The maximum atomic E-state index is 13.1. The summed E-state index contributed by atoms with van der Waals surface area (Å²) in [5, 5.41) is 18.3. The number of hydrogen-bond acceptors (Lipinski definition) is 7. The van der Waals surface area contributed by atoms with Crippen LogP contribution in [0, 0.1) is 18.3 Å². The normalized spacial score (nSPS) is 10.9. The summed E-state index contributed by atoms with van der Waals surface area (Å²) >= 11 is 0. The maximum Gasteiger partial charge on any atom is 0.295 e. The average molecular weight is 495 g/mol. The predicted octanol–water partition coefficient (Wildman–Crippen LogP) is 3.06. The van der Waals surface area contributed by atoms with E-state index in [4.69, 9.17) is 0 Å². The van der Waals surface area contributed by atoms with Gasteiger partial charge in [0.2, 0.25) is 5.71 Å². The van der Waals surface area contributed by atoms with Crippen molar-refractivity contribution in [2.45, 2.75) is 6.92 Å². The van der Waals surface area contributed by atoms with E-state index >= 15 is 0 Å². The number of pyridine rings is 1. The van der Waals surface area contributed by atoms with Crippen molar-refractivity contribution in [2.24, 2.45) is 12.1 Å². The highest BCUT2D eigenvalue weighted by Crippen LogP contribution is 2.17.